The van der Waals surface area contributed by atoms with Gasteiger partial charge in [-0.1, -0.05) is 33.6 Å². The van der Waals surface area contributed by atoms with Crippen molar-refractivity contribution < 1.29 is 14.3 Å². The van der Waals surface area contributed by atoms with Crippen molar-refractivity contribution in [3.63, 3.8) is 0 Å². The molecule has 1 saturated carbocycles. The molecule has 5 heteroatoms. The number of nitriles is 1. The summed E-state index contributed by atoms with van der Waals surface area (Å²) >= 11 is 0. The van der Waals surface area contributed by atoms with Crippen LogP contribution in [0.3, 0.4) is 0 Å². The van der Waals surface area contributed by atoms with Gasteiger partial charge >= 0.3 is 5.97 Å². The Labute approximate surface area is 120 Å². The third-order valence-electron chi connectivity index (χ3n) is 3.58. The molecule has 0 aromatic carbocycles. The fraction of sp³-hybridized carbons (Fsp3) is 0.800. The third-order valence-corrected chi connectivity index (χ3v) is 3.58. The molecule has 0 saturated heterocycles. The molecule has 0 heterocycles. The van der Waals surface area contributed by atoms with Crippen molar-refractivity contribution in [1.82, 2.24) is 4.90 Å². The van der Waals surface area contributed by atoms with E-state index in [1.54, 1.807) is 0 Å². The van der Waals surface area contributed by atoms with Crippen molar-refractivity contribution in [3.05, 3.63) is 0 Å². The Kier molecular flexibility index (Phi) is 5.55. The predicted octanol–water partition coefficient (Wildman–Crippen LogP) is 2.12. The fourth-order valence-corrected chi connectivity index (χ4v) is 2.36. The van der Waals surface area contributed by atoms with Crippen LogP contribution >= 0.6 is 0 Å². The molecule has 5 nitrogen and oxygen atoms in total. The number of carbonyl (C=O) groups is 2. The quantitative estimate of drug-likeness (QED) is 0.699. The van der Waals surface area contributed by atoms with Crippen LogP contribution in [0, 0.1) is 22.7 Å². The zero-order valence-corrected chi connectivity index (χ0v) is 12.8. The van der Waals surface area contributed by atoms with E-state index < -0.39 is 17.4 Å². The molecule has 1 aliphatic rings. The molecule has 1 aliphatic carbocycles. The van der Waals surface area contributed by atoms with Crippen molar-refractivity contribution in [2.75, 3.05) is 13.7 Å². The van der Waals surface area contributed by atoms with E-state index in [1.165, 1.54) is 24.9 Å². The van der Waals surface area contributed by atoms with Gasteiger partial charge in [0.1, 0.15) is 12.5 Å². The highest BCUT2D eigenvalue weighted by molar-refractivity contribution is 5.86. The Morgan fingerprint density at radius 1 is 1.40 bits per heavy atom. The SMILES string of the molecule is COC(=O)C(N(CCC1CC1)C(=O)CC#N)C(C)(C)C. The maximum Gasteiger partial charge on any atom is 0.329 e. The molecular formula is C15H24N2O3. The van der Waals surface area contributed by atoms with E-state index in [4.69, 9.17) is 10.00 Å². The van der Waals surface area contributed by atoms with Gasteiger partial charge in [-0.3, -0.25) is 4.79 Å². The highest BCUT2D eigenvalue weighted by atomic mass is 16.5. The molecule has 0 aliphatic heterocycles. The maximum absolute atomic E-state index is 12.2. The van der Waals surface area contributed by atoms with Crippen molar-refractivity contribution in [2.45, 2.75) is 52.5 Å². The van der Waals surface area contributed by atoms with Crippen molar-refractivity contribution in [2.24, 2.45) is 11.3 Å². The molecule has 0 bridgehead atoms. The molecular weight excluding hydrogens is 256 g/mol. The van der Waals surface area contributed by atoms with Crippen LogP contribution in [-0.4, -0.2) is 36.5 Å². The number of carbonyl (C=O) groups excluding carboxylic acids is 2. The monoisotopic (exact) mass is 280 g/mol. The van der Waals surface area contributed by atoms with Gasteiger partial charge in [0.05, 0.1) is 13.2 Å². The smallest absolute Gasteiger partial charge is 0.329 e. The van der Waals surface area contributed by atoms with E-state index in [2.05, 4.69) is 0 Å². The minimum atomic E-state index is -0.646. The summed E-state index contributed by atoms with van der Waals surface area (Å²) in [6, 6.07) is 1.22. The first-order chi connectivity index (χ1) is 9.31. The largest absolute Gasteiger partial charge is 0.467 e. The van der Waals surface area contributed by atoms with Crippen molar-refractivity contribution in [3.8, 4) is 6.07 Å². The normalized spacial score (nSPS) is 16.1. The second kappa shape index (κ2) is 6.74. The highest BCUT2D eigenvalue weighted by Crippen LogP contribution is 2.34. The van der Waals surface area contributed by atoms with Crippen LogP contribution in [0.25, 0.3) is 0 Å². The standard InChI is InChI=1S/C15H24N2O3/c1-15(2,3)13(14(19)20-4)17(12(18)7-9-16)10-8-11-5-6-11/h11,13H,5-8,10H2,1-4H3. The first-order valence-electron chi connectivity index (χ1n) is 7.05. The van der Waals surface area contributed by atoms with Crippen LogP contribution in [0.1, 0.15) is 46.5 Å². The average molecular weight is 280 g/mol. The molecule has 1 fully saturated rings. The lowest BCUT2D eigenvalue weighted by Gasteiger charge is -2.37. The van der Waals surface area contributed by atoms with Crippen LogP contribution in [0.5, 0.6) is 0 Å². The van der Waals surface area contributed by atoms with Gasteiger partial charge in [0.2, 0.25) is 5.91 Å². The van der Waals surface area contributed by atoms with Crippen molar-refractivity contribution >= 4 is 11.9 Å². The van der Waals surface area contributed by atoms with Crippen LogP contribution in [0.2, 0.25) is 0 Å². The van der Waals surface area contributed by atoms with E-state index in [0.29, 0.717) is 12.5 Å². The maximum atomic E-state index is 12.2. The summed E-state index contributed by atoms with van der Waals surface area (Å²) in [6.07, 6.45) is 3.08. The average Bonchev–Trinajstić information content (AvgIpc) is 3.16. The lowest BCUT2D eigenvalue weighted by Crippen LogP contribution is -2.52. The Morgan fingerprint density at radius 3 is 2.40 bits per heavy atom. The Hall–Kier alpha value is -1.57. The zero-order chi connectivity index (χ0) is 15.3. The van der Waals surface area contributed by atoms with Crippen molar-refractivity contribution in [1.29, 1.82) is 5.26 Å². The summed E-state index contributed by atoms with van der Waals surface area (Å²) in [7, 11) is 1.33. The van der Waals surface area contributed by atoms with E-state index in [-0.39, 0.29) is 12.3 Å². The third kappa shape index (κ3) is 4.52. The second-order valence-corrected chi connectivity index (χ2v) is 6.45. The Balaban J connectivity index is 2.92. The van der Waals surface area contributed by atoms with E-state index in [9.17, 15) is 9.59 Å². The minimum Gasteiger partial charge on any atom is -0.467 e. The van der Waals surface area contributed by atoms with Gasteiger partial charge in [0.15, 0.2) is 0 Å². The number of methoxy groups -OCH3 is 1. The first kappa shape index (κ1) is 16.5. The fourth-order valence-electron chi connectivity index (χ4n) is 2.36. The minimum absolute atomic E-state index is 0.200. The lowest BCUT2D eigenvalue weighted by atomic mass is 9.85. The summed E-state index contributed by atoms with van der Waals surface area (Å²) in [6.45, 7) is 6.22. The summed E-state index contributed by atoms with van der Waals surface area (Å²) in [4.78, 5) is 25.8. The summed E-state index contributed by atoms with van der Waals surface area (Å²) in [5.41, 5.74) is -0.429. The number of amides is 1. The molecule has 1 unspecified atom stereocenters. The topological polar surface area (TPSA) is 70.4 Å². The van der Waals surface area contributed by atoms with Gasteiger partial charge in [0.25, 0.3) is 0 Å². The van der Waals surface area contributed by atoms with Gasteiger partial charge in [0, 0.05) is 6.54 Å². The van der Waals surface area contributed by atoms with E-state index in [1.807, 2.05) is 26.8 Å². The molecule has 1 rings (SSSR count). The molecule has 112 valence electrons. The predicted molar refractivity (Wildman–Crippen MR) is 74.5 cm³/mol. The first-order valence-corrected chi connectivity index (χ1v) is 7.05. The van der Waals surface area contributed by atoms with Crippen LogP contribution < -0.4 is 0 Å². The molecule has 20 heavy (non-hydrogen) atoms. The van der Waals surface area contributed by atoms with Crippen LogP contribution in [-0.2, 0) is 14.3 Å². The van der Waals surface area contributed by atoms with Gasteiger partial charge in [-0.2, -0.15) is 5.26 Å². The number of ether oxygens (including phenoxy) is 1. The van der Waals surface area contributed by atoms with Gasteiger partial charge < -0.3 is 9.64 Å². The van der Waals surface area contributed by atoms with Gasteiger partial charge in [-0.15, -0.1) is 0 Å². The Bertz CT molecular complexity index is 402. The number of esters is 1. The molecule has 1 amide bonds. The second-order valence-electron chi connectivity index (χ2n) is 6.45. The number of nitrogens with zero attached hydrogens (tertiary/aromatic N) is 2. The molecule has 1 atom stereocenters. The molecule has 0 aromatic heterocycles. The van der Waals surface area contributed by atoms with E-state index >= 15 is 0 Å². The zero-order valence-electron chi connectivity index (χ0n) is 12.8. The van der Waals surface area contributed by atoms with Crippen LogP contribution in [0.15, 0.2) is 0 Å². The molecule has 0 N–H and O–H groups in total. The summed E-state index contributed by atoms with van der Waals surface area (Å²) in [5, 5.41) is 8.74. The van der Waals surface area contributed by atoms with Gasteiger partial charge in [-0.05, 0) is 17.8 Å². The molecule has 0 spiro atoms. The number of hydrogen-bond acceptors (Lipinski definition) is 4. The molecule has 0 radical (unpaired) electrons. The van der Waals surface area contributed by atoms with Gasteiger partial charge in [-0.25, -0.2) is 4.79 Å². The van der Waals surface area contributed by atoms with Crippen LogP contribution in [0.4, 0.5) is 0 Å². The summed E-state index contributed by atoms with van der Waals surface area (Å²) in [5.74, 6) is -0.0521. The molecule has 0 aromatic rings. The summed E-state index contributed by atoms with van der Waals surface area (Å²) < 4.78 is 4.85. The number of rotatable bonds is 6. The highest BCUT2D eigenvalue weighted by Gasteiger charge is 2.40. The Morgan fingerprint density at radius 2 is 2.00 bits per heavy atom. The van der Waals surface area contributed by atoms with E-state index in [0.717, 1.165) is 6.42 Å². The lowest BCUT2D eigenvalue weighted by molar-refractivity contribution is -0.157. The number of hydrogen-bond donors (Lipinski definition) is 0.